The van der Waals surface area contributed by atoms with Gasteiger partial charge in [0.1, 0.15) is 5.75 Å². The number of rotatable bonds is 4. The van der Waals surface area contributed by atoms with Crippen molar-refractivity contribution in [1.82, 2.24) is 13.4 Å². The Bertz CT molecular complexity index is 1050. The first kappa shape index (κ1) is 18.4. The molecule has 9 heteroatoms. The van der Waals surface area contributed by atoms with Crippen molar-refractivity contribution in [3.05, 3.63) is 56.9 Å². The lowest BCUT2D eigenvalue weighted by Gasteiger charge is -2.25. The minimum atomic E-state index is -4.07. The zero-order valence-electron chi connectivity index (χ0n) is 14.9. The summed E-state index contributed by atoms with van der Waals surface area (Å²) < 4.78 is 35.0. The van der Waals surface area contributed by atoms with E-state index in [2.05, 4.69) is 0 Å². The molecule has 2 heterocycles. The van der Waals surface area contributed by atoms with Gasteiger partial charge in [0.15, 0.2) is 4.90 Å². The molecule has 140 valence electrons. The standard InChI is InChI=1S/C17H21N3O5S/c1-18-11-15(16(21)19(2)17(18)22)26(23,24)20-10-6-8-13(20)12-7-4-5-9-14(12)25-3/h4-5,7,9,11,13H,6,8,10H2,1-3H3. The zero-order valence-corrected chi connectivity index (χ0v) is 15.7. The highest BCUT2D eigenvalue weighted by Gasteiger charge is 2.39. The summed E-state index contributed by atoms with van der Waals surface area (Å²) in [6.07, 6.45) is 2.40. The van der Waals surface area contributed by atoms with E-state index < -0.39 is 32.2 Å². The van der Waals surface area contributed by atoms with E-state index in [1.54, 1.807) is 6.07 Å². The molecule has 26 heavy (non-hydrogen) atoms. The molecular formula is C17H21N3O5S. The highest BCUT2D eigenvalue weighted by atomic mass is 32.2. The molecule has 0 aliphatic carbocycles. The molecule has 0 spiro atoms. The summed E-state index contributed by atoms with van der Waals surface area (Å²) in [5, 5.41) is 0. The average Bonchev–Trinajstić information content (AvgIpc) is 3.13. The zero-order chi connectivity index (χ0) is 19.1. The van der Waals surface area contributed by atoms with Crippen LogP contribution in [0.15, 0.2) is 44.9 Å². The minimum Gasteiger partial charge on any atom is -0.496 e. The molecule has 0 bridgehead atoms. The monoisotopic (exact) mass is 379 g/mol. The summed E-state index contributed by atoms with van der Waals surface area (Å²) in [6.45, 7) is 0.303. The Balaban J connectivity index is 2.13. The van der Waals surface area contributed by atoms with Gasteiger partial charge < -0.3 is 9.30 Å². The van der Waals surface area contributed by atoms with Crippen molar-refractivity contribution in [1.29, 1.82) is 0 Å². The van der Waals surface area contributed by atoms with Crippen LogP contribution in [0.2, 0.25) is 0 Å². The fourth-order valence-electron chi connectivity index (χ4n) is 3.36. The van der Waals surface area contributed by atoms with E-state index in [0.717, 1.165) is 20.9 Å². The van der Waals surface area contributed by atoms with E-state index in [9.17, 15) is 18.0 Å². The SMILES string of the molecule is COc1ccccc1C1CCCN1S(=O)(=O)c1cn(C)c(=O)n(C)c1=O. The molecular weight excluding hydrogens is 358 g/mol. The molecule has 1 aromatic carbocycles. The molecule has 1 aromatic heterocycles. The summed E-state index contributed by atoms with van der Waals surface area (Å²) in [6, 6.07) is 6.84. The Morgan fingerprint density at radius 1 is 1.15 bits per heavy atom. The van der Waals surface area contributed by atoms with Crippen LogP contribution in [-0.4, -0.2) is 35.5 Å². The third-order valence-electron chi connectivity index (χ3n) is 4.70. The molecule has 0 radical (unpaired) electrons. The van der Waals surface area contributed by atoms with Crippen molar-refractivity contribution < 1.29 is 13.2 Å². The van der Waals surface area contributed by atoms with Crippen molar-refractivity contribution in [2.24, 2.45) is 14.1 Å². The van der Waals surface area contributed by atoms with Gasteiger partial charge in [-0.25, -0.2) is 13.2 Å². The molecule has 0 amide bonds. The Morgan fingerprint density at radius 3 is 2.54 bits per heavy atom. The maximum atomic E-state index is 13.2. The smallest absolute Gasteiger partial charge is 0.330 e. The number of hydrogen-bond donors (Lipinski definition) is 0. The largest absolute Gasteiger partial charge is 0.496 e. The van der Waals surface area contributed by atoms with Gasteiger partial charge in [0.2, 0.25) is 0 Å². The molecule has 1 saturated heterocycles. The van der Waals surface area contributed by atoms with E-state index in [0.29, 0.717) is 25.1 Å². The Kier molecular flexibility index (Phi) is 4.76. The summed E-state index contributed by atoms with van der Waals surface area (Å²) >= 11 is 0. The Hall–Kier alpha value is -2.39. The van der Waals surface area contributed by atoms with Gasteiger partial charge in [-0.1, -0.05) is 18.2 Å². The highest BCUT2D eigenvalue weighted by molar-refractivity contribution is 7.89. The highest BCUT2D eigenvalue weighted by Crippen LogP contribution is 2.39. The number of methoxy groups -OCH3 is 1. The van der Waals surface area contributed by atoms with Crippen LogP contribution in [0.25, 0.3) is 0 Å². The number of aryl methyl sites for hydroxylation is 1. The lowest BCUT2D eigenvalue weighted by Crippen LogP contribution is -2.42. The van der Waals surface area contributed by atoms with Crippen LogP contribution in [0.4, 0.5) is 0 Å². The van der Waals surface area contributed by atoms with E-state index in [1.165, 1.54) is 25.5 Å². The van der Waals surface area contributed by atoms with E-state index in [4.69, 9.17) is 4.74 Å². The fraction of sp³-hybridized carbons (Fsp3) is 0.412. The molecule has 3 rings (SSSR count). The predicted molar refractivity (Wildman–Crippen MR) is 95.8 cm³/mol. The van der Waals surface area contributed by atoms with Gasteiger partial charge >= 0.3 is 5.69 Å². The summed E-state index contributed by atoms with van der Waals surface area (Å²) in [7, 11) is 0.157. The van der Waals surface area contributed by atoms with Crippen LogP contribution in [0.1, 0.15) is 24.4 Å². The number of para-hydroxylation sites is 1. The molecule has 1 atom stereocenters. The predicted octanol–water partition coefficient (Wildman–Crippen LogP) is 0.618. The second-order valence-electron chi connectivity index (χ2n) is 6.27. The van der Waals surface area contributed by atoms with Gasteiger partial charge in [0.05, 0.1) is 13.2 Å². The van der Waals surface area contributed by atoms with E-state index >= 15 is 0 Å². The molecule has 1 fully saturated rings. The number of hydrogen-bond acceptors (Lipinski definition) is 5. The van der Waals surface area contributed by atoms with Crippen LogP contribution in [0.3, 0.4) is 0 Å². The summed E-state index contributed by atoms with van der Waals surface area (Å²) in [4.78, 5) is 23.9. The first-order valence-corrected chi connectivity index (χ1v) is 9.64. The molecule has 1 aliphatic heterocycles. The normalized spacial score (nSPS) is 18.2. The van der Waals surface area contributed by atoms with Gasteiger partial charge in [0, 0.05) is 32.4 Å². The van der Waals surface area contributed by atoms with Gasteiger partial charge in [-0.15, -0.1) is 0 Å². The Labute approximate surface area is 151 Å². The van der Waals surface area contributed by atoms with Gasteiger partial charge in [-0.2, -0.15) is 4.31 Å². The lowest BCUT2D eigenvalue weighted by molar-refractivity contribution is 0.366. The van der Waals surface area contributed by atoms with Crippen molar-refractivity contribution in [2.45, 2.75) is 23.8 Å². The third-order valence-corrected chi connectivity index (χ3v) is 6.59. The topological polar surface area (TPSA) is 90.6 Å². The minimum absolute atomic E-state index is 0.303. The van der Waals surface area contributed by atoms with Crippen LogP contribution in [-0.2, 0) is 24.1 Å². The molecule has 2 aromatic rings. The second kappa shape index (κ2) is 6.73. The molecule has 0 N–H and O–H groups in total. The molecule has 8 nitrogen and oxygen atoms in total. The Morgan fingerprint density at radius 2 is 1.85 bits per heavy atom. The first-order valence-electron chi connectivity index (χ1n) is 8.20. The number of ether oxygens (including phenoxy) is 1. The molecule has 0 saturated carbocycles. The van der Waals surface area contributed by atoms with Gasteiger partial charge in [-0.05, 0) is 18.9 Å². The van der Waals surface area contributed by atoms with Crippen molar-refractivity contribution in [3.8, 4) is 5.75 Å². The number of sulfonamides is 1. The summed E-state index contributed by atoms with van der Waals surface area (Å²) in [5.41, 5.74) is -0.631. The average molecular weight is 379 g/mol. The van der Waals surface area contributed by atoms with Crippen LogP contribution in [0, 0.1) is 0 Å². The number of benzene rings is 1. The summed E-state index contributed by atoms with van der Waals surface area (Å²) in [5.74, 6) is 0.605. The number of nitrogens with zero attached hydrogens (tertiary/aromatic N) is 3. The maximum Gasteiger partial charge on any atom is 0.330 e. The lowest BCUT2D eigenvalue weighted by atomic mass is 10.0. The van der Waals surface area contributed by atoms with E-state index in [1.807, 2.05) is 18.2 Å². The van der Waals surface area contributed by atoms with Crippen LogP contribution >= 0.6 is 0 Å². The van der Waals surface area contributed by atoms with Crippen LogP contribution < -0.4 is 16.0 Å². The van der Waals surface area contributed by atoms with Gasteiger partial charge in [0.25, 0.3) is 15.6 Å². The molecule has 1 aliphatic rings. The van der Waals surface area contributed by atoms with Crippen molar-refractivity contribution in [3.63, 3.8) is 0 Å². The van der Waals surface area contributed by atoms with E-state index in [-0.39, 0.29) is 0 Å². The quantitative estimate of drug-likeness (QED) is 0.777. The maximum absolute atomic E-state index is 13.2. The molecule has 1 unspecified atom stereocenters. The van der Waals surface area contributed by atoms with Crippen LogP contribution in [0.5, 0.6) is 5.75 Å². The third kappa shape index (κ3) is 2.86. The van der Waals surface area contributed by atoms with Crippen molar-refractivity contribution >= 4 is 10.0 Å². The van der Waals surface area contributed by atoms with Gasteiger partial charge in [-0.3, -0.25) is 9.36 Å². The van der Waals surface area contributed by atoms with Crippen molar-refractivity contribution in [2.75, 3.05) is 13.7 Å². The fourth-order valence-corrected chi connectivity index (χ4v) is 5.18. The second-order valence-corrected chi connectivity index (χ2v) is 8.13. The number of aromatic nitrogens is 2. The first-order chi connectivity index (χ1) is 12.3.